The number of rotatable bonds is 3. The van der Waals surface area contributed by atoms with Crippen molar-refractivity contribution in [3.05, 3.63) is 35.9 Å². The normalized spacial score (nSPS) is 25.2. The molecule has 0 spiro atoms. The fourth-order valence-corrected chi connectivity index (χ4v) is 2.56. The van der Waals surface area contributed by atoms with Crippen molar-refractivity contribution >= 4 is 5.97 Å². The van der Waals surface area contributed by atoms with Gasteiger partial charge in [-0.25, -0.2) is 0 Å². The van der Waals surface area contributed by atoms with E-state index in [4.69, 9.17) is 5.11 Å². The molecule has 0 saturated heterocycles. The molecular weight excluding hydrogens is 200 g/mol. The molecule has 2 heteroatoms. The molecule has 86 valence electrons. The molecule has 0 bridgehead atoms. The lowest BCUT2D eigenvalue weighted by molar-refractivity contribution is -0.143. The molecule has 0 heterocycles. The predicted octanol–water partition coefficient (Wildman–Crippen LogP) is 3.12. The predicted molar refractivity (Wildman–Crippen MR) is 63.2 cm³/mol. The molecule has 0 amide bonds. The molecule has 1 aromatic rings. The number of carboxylic acids is 1. The third-order valence-corrected chi connectivity index (χ3v) is 3.56. The molecule has 2 rings (SSSR count). The van der Waals surface area contributed by atoms with Crippen molar-refractivity contribution in [1.29, 1.82) is 0 Å². The standard InChI is InChI=1S/C14H18O2/c15-14(16)13-8-6-12(7-9-13)10-11-4-2-1-3-5-11/h1-5,12-13H,6-10H2,(H,15,16). The average Bonchev–Trinajstić information content (AvgIpc) is 2.31. The fourth-order valence-electron chi connectivity index (χ4n) is 2.56. The van der Waals surface area contributed by atoms with Crippen LogP contribution in [0.2, 0.25) is 0 Å². The Bertz CT molecular complexity index is 337. The molecule has 1 aromatic carbocycles. The van der Waals surface area contributed by atoms with Crippen LogP contribution in [0.3, 0.4) is 0 Å². The van der Waals surface area contributed by atoms with E-state index in [1.165, 1.54) is 5.56 Å². The van der Waals surface area contributed by atoms with Crippen molar-refractivity contribution in [3.63, 3.8) is 0 Å². The number of hydrogen-bond acceptors (Lipinski definition) is 1. The van der Waals surface area contributed by atoms with Gasteiger partial charge in [-0.05, 0) is 43.6 Å². The molecule has 0 aromatic heterocycles. The number of carboxylic acid groups (broad SMARTS) is 1. The number of carbonyl (C=O) groups is 1. The monoisotopic (exact) mass is 218 g/mol. The maximum absolute atomic E-state index is 10.8. The lowest BCUT2D eigenvalue weighted by atomic mass is 9.79. The van der Waals surface area contributed by atoms with Gasteiger partial charge in [0, 0.05) is 0 Å². The van der Waals surface area contributed by atoms with E-state index in [-0.39, 0.29) is 5.92 Å². The molecule has 2 nitrogen and oxygen atoms in total. The van der Waals surface area contributed by atoms with Crippen molar-refractivity contribution in [1.82, 2.24) is 0 Å². The molecule has 1 aliphatic rings. The van der Waals surface area contributed by atoms with E-state index in [1.54, 1.807) is 0 Å². The molecule has 1 fully saturated rings. The highest BCUT2D eigenvalue weighted by Gasteiger charge is 2.25. The van der Waals surface area contributed by atoms with Gasteiger partial charge in [0.25, 0.3) is 0 Å². The highest BCUT2D eigenvalue weighted by Crippen LogP contribution is 2.31. The lowest BCUT2D eigenvalue weighted by Gasteiger charge is -2.26. The van der Waals surface area contributed by atoms with E-state index in [0.717, 1.165) is 32.1 Å². The zero-order valence-corrected chi connectivity index (χ0v) is 9.43. The SMILES string of the molecule is O=C(O)C1CCC(Cc2ccccc2)CC1. The second kappa shape index (κ2) is 5.15. The number of hydrogen-bond donors (Lipinski definition) is 1. The Balaban J connectivity index is 1.84. The Hall–Kier alpha value is -1.31. The van der Waals surface area contributed by atoms with Crippen LogP contribution in [-0.4, -0.2) is 11.1 Å². The highest BCUT2D eigenvalue weighted by molar-refractivity contribution is 5.69. The first kappa shape index (κ1) is 11.2. The molecule has 0 unspecified atom stereocenters. The molecule has 0 radical (unpaired) electrons. The summed E-state index contributed by atoms with van der Waals surface area (Å²) in [5, 5.41) is 8.91. The van der Waals surface area contributed by atoms with E-state index < -0.39 is 5.97 Å². The van der Waals surface area contributed by atoms with E-state index in [9.17, 15) is 4.79 Å². The van der Waals surface area contributed by atoms with Crippen LogP contribution in [0.25, 0.3) is 0 Å². The molecule has 0 atom stereocenters. The minimum Gasteiger partial charge on any atom is -0.481 e. The minimum absolute atomic E-state index is 0.0907. The summed E-state index contributed by atoms with van der Waals surface area (Å²) in [6.45, 7) is 0. The van der Waals surface area contributed by atoms with Gasteiger partial charge < -0.3 is 5.11 Å². The summed E-state index contributed by atoms with van der Waals surface area (Å²) >= 11 is 0. The first-order valence-corrected chi connectivity index (χ1v) is 6.02. The van der Waals surface area contributed by atoms with Crippen molar-refractivity contribution in [3.8, 4) is 0 Å². The maximum atomic E-state index is 10.8. The number of aliphatic carboxylic acids is 1. The van der Waals surface area contributed by atoms with Gasteiger partial charge in [-0.15, -0.1) is 0 Å². The quantitative estimate of drug-likeness (QED) is 0.846. The first-order chi connectivity index (χ1) is 7.75. The zero-order chi connectivity index (χ0) is 11.4. The molecular formula is C14H18O2. The topological polar surface area (TPSA) is 37.3 Å². The lowest BCUT2D eigenvalue weighted by Crippen LogP contribution is -2.22. The highest BCUT2D eigenvalue weighted by atomic mass is 16.4. The van der Waals surface area contributed by atoms with Crippen molar-refractivity contribution in [2.75, 3.05) is 0 Å². The molecule has 16 heavy (non-hydrogen) atoms. The van der Waals surface area contributed by atoms with Gasteiger partial charge in [-0.2, -0.15) is 0 Å². The van der Waals surface area contributed by atoms with Gasteiger partial charge in [0.05, 0.1) is 5.92 Å². The van der Waals surface area contributed by atoms with Crippen molar-refractivity contribution < 1.29 is 9.90 Å². The van der Waals surface area contributed by atoms with Crippen LogP contribution in [0.15, 0.2) is 30.3 Å². The Morgan fingerprint density at radius 3 is 2.31 bits per heavy atom. The maximum Gasteiger partial charge on any atom is 0.306 e. The van der Waals surface area contributed by atoms with Gasteiger partial charge in [-0.1, -0.05) is 30.3 Å². The smallest absolute Gasteiger partial charge is 0.306 e. The molecule has 1 saturated carbocycles. The largest absolute Gasteiger partial charge is 0.481 e. The summed E-state index contributed by atoms with van der Waals surface area (Å²) in [7, 11) is 0. The Morgan fingerprint density at radius 1 is 1.12 bits per heavy atom. The van der Waals surface area contributed by atoms with E-state index >= 15 is 0 Å². The third-order valence-electron chi connectivity index (χ3n) is 3.56. The van der Waals surface area contributed by atoms with Gasteiger partial charge >= 0.3 is 5.97 Å². The summed E-state index contributed by atoms with van der Waals surface area (Å²) in [5.41, 5.74) is 1.38. The van der Waals surface area contributed by atoms with Crippen LogP contribution in [-0.2, 0) is 11.2 Å². The van der Waals surface area contributed by atoms with Crippen molar-refractivity contribution in [2.45, 2.75) is 32.1 Å². The molecule has 1 aliphatic carbocycles. The van der Waals surface area contributed by atoms with E-state index in [1.807, 2.05) is 6.07 Å². The zero-order valence-electron chi connectivity index (χ0n) is 9.43. The van der Waals surface area contributed by atoms with E-state index in [2.05, 4.69) is 24.3 Å². The van der Waals surface area contributed by atoms with Crippen LogP contribution < -0.4 is 0 Å². The summed E-state index contributed by atoms with van der Waals surface area (Å²) in [4.78, 5) is 10.8. The Labute approximate surface area is 96.3 Å². The van der Waals surface area contributed by atoms with E-state index in [0.29, 0.717) is 5.92 Å². The van der Waals surface area contributed by atoms with Crippen LogP contribution in [0.4, 0.5) is 0 Å². The summed E-state index contributed by atoms with van der Waals surface area (Å²) in [6.07, 6.45) is 4.94. The fraction of sp³-hybridized carbons (Fsp3) is 0.500. The van der Waals surface area contributed by atoms with Crippen LogP contribution in [0.5, 0.6) is 0 Å². The van der Waals surface area contributed by atoms with Gasteiger partial charge in [0.1, 0.15) is 0 Å². The number of benzene rings is 1. The minimum atomic E-state index is -0.613. The summed E-state index contributed by atoms with van der Waals surface area (Å²) in [5.74, 6) is -0.0248. The van der Waals surface area contributed by atoms with Gasteiger partial charge in [0.2, 0.25) is 0 Å². The van der Waals surface area contributed by atoms with Gasteiger partial charge in [-0.3, -0.25) is 4.79 Å². The summed E-state index contributed by atoms with van der Waals surface area (Å²) < 4.78 is 0. The first-order valence-electron chi connectivity index (χ1n) is 6.02. The van der Waals surface area contributed by atoms with Crippen LogP contribution in [0, 0.1) is 11.8 Å². The Morgan fingerprint density at radius 2 is 1.75 bits per heavy atom. The van der Waals surface area contributed by atoms with Crippen LogP contribution >= 0.6 is 0 Å². The second-order valence-electron chi connectivity index (χ2n) is 4.75. The van der Waals surface area contributed by atoms with Crippen LogP contribution in [0.1, 0.15) is 31.2 Å². The van der Waals surface area contributed by atoms with Crippen molar-refractivity contribution in [2.24, 2.45) is 11.8 Å². The third kappa shape index (κ3) is 2.84. The van der Waals surface area contributed by atoms with Gasteiger partial charge in [0.15, 0.2) is 0 Å². The second-order valence-corrected chi connectivity index (χ2v) is 4.75. The summed E-state index contributed by atoms with van der Waals surface area (Å²) in [6, 6.07) is 10.5. The Kier molecular flexibility index (Phi) is 3.60. The molecule has 1 N–H and O–H groups in total. The average molecular weight is 218 g/mol. The molecule has 0 aliphatic heterocycles.